The van der Waals surface area contributed by atoms with Crippen molar-refractivity contribution in [3.05, 3.63) is 29.8 Å². The highest BCUT2D eigenvalue weighted by molar-refractivity contribution is 7.88. The maximum Gasteiger partial charge on any atom is 0.321 e. The van der Waals surface area contributed by atoms with E-state index in [9.17, 15) is 18.0 Å². The summed E-state index contributed by atoms with van der Waals surface area (Å²) in [4.78, 5) is 24.3. The number of anilines is 1. The molecular weight excluding hydrogens is 358 g/mol. The number of sulfonamides is 1. The lowest BCUT2D eigenvalue weighted by molar-refractivity contribution is -0.141. The Bertz CT molecular complexity index is 736. The van der Waals surface area contributed by atoms with Crippen LogP contribution in [-0.2, 0) is 20.6 Å². The van der Waals surface area contributed by atoms with Crippen molar-refractivity contribution >= 4 is 27.7 Å². The fourth-order valence-electron chi connectivity index (χ4n) is 2.18. The van der Waals surface area contributed by atoms with Gasteiger partial charge in [-0.2, -0.15) is 0 Å². The number of nitrogens with one attached hydrogen (secondary N) is 2. The van der Waals surface area contributed by atoms with Gasteiger partial charge in [0.15, 0.2) is 0 Å². The number of benzene rings is 1. The molecule has 0 saturated carbocycles. The van der Waals surface area contributed by atoms with E-state index < -0.39 is 27.9 Å². The Labute approximate surface area is 154 Å². The van der Waals surface area contributed by atoms with E-state index in [-0.39, 0.29) is 18.3 Å². The number of urea groups is 1. The molecule has 146 valence electrons. The van der Waals surface area contributed by atoms with Crippen LogP contribution in [0.5, 0.6) is 0 Å². The summed E-state index contributed by atoms with van der Waals surface area (Å²) >= 11 is 0. The number of carbonyl (C=O) groups is 2. The van der Waals surface area contributed by atoms with E-state index in [1.54, 1.807) is 31.2 Å². The van der Waals surface area contributed by atoms with Gasteiger partial charge in [-0.15, -0.1) is 0 Å². The highest BCUT2D eigenvalue weighted by Gasteiger charge is 2.18. The van der Waals surface area contributed by atoms with Crippen LogP contribution in [0, 0.1) is 5.92 Å². The average Bonchev–Trinajstić information content (AvgIpc) is 2.53. The number of carbonyl (C=O) groups excluding carboxylic acids is 1. The van der Waals surface area contributed by atoms with Gasteiger partial charge in [0.1, 0.15) is 0 Å². The van der Waals surface area contributed by atoms with Crippen molar-refractivity contribution in [2.45, 2.75) is 39.0 Å². The molecule has 26 heavy (non-hydrogen) atoms. The minimum absolute atomic E-state index is 0.0636. The SMILES string of the molecule is CCC(C)NS(=O)(=O)Cc1cccc(NC(=O)N(C)CC(C)C(=O)O)c1. The molecular formula is C17H27N3O5S. The predicted molar refractivity (Wildman–Crippen MR) is 100 cm³/mol. The maximum absolute atomic E-state index is 12.1. The highest BCUT2D eigenvalue weighted by atomic mass is 32.2. The first-order valence-electron chi connectivity index (χ1n) is 8.38. The summed E-state index contributed by atoms with van der Waals surface area (Å²) in [5.41, 5.74) is 0.987. The molecule has 1 rings (SSSR count). The highest BCUT2D eigenvalue weighted by Crippen LogP contribution is 2.14. The average molecular weight is 385 g/mol. The van der Waals surface area contributed by atoms with E-state index in [1.807, 2.05) is 6.92 Å². The summed E-state index contributed by atoms with van der Waals surface area (Å²) in [7, 11) is -1.97. The fourth-order valence-corrected chi connectivity index (χ4v) is 3.66. The molecule has 0 heterocycles. The zero-order chi connectivity index (χ0) is 19.9. The van der Waals surface area contributed by atoms with Crippen molar-refractivity contribution in [1.29, 1.82) is 0 Å². The van der Waals surface area contributed by atoms with Gasteiger partial charge in [-0.05, 0) is 31.0 Å². The van der Waals surface area contributed by atoms with Crippen LogP contribution in [0.4, 0.5) is 10.5 Å². The first kappa shape index (κ1) is 21.9. The van der Waals surface area contributed by atoms with Crippen LogP contribution in [0.3, 0.4) is 0 Å². The van der Waals surface area contributed by atoms with Crippen LogP contribution in [0.2, 0.25) is 0 Å². The van der Waals surface area contributed by atoms with E-state index in [4.69, 9.17) is 5.11 Å². The van der Waals surface area contributed by atoms with E-state index in [0.717, 1.165) is 0 Å². The molecule has 0 aromatic heterocycles. The van der Waals surface area contributed by atoms with Crippen LogP contribution in [0.15, 0.2) is 24.3 Å². The molecule has 1 aromatic carbocycles. The number of nitrogens with zero attached hydrogens (tertiary/aromatic N) is 1. The molecule has 8 nitrogen and oxygen atoms in total. The summed E-state index contributed by atoms with van der Waals surface area (Å²) in [5.74, 6) is -1.85. The lowest BCUT2D eigenvalue weighted by Gasteiger charge is -2.20. The van der Waals surface area contributed by atoms with Crippen molar-refractivity contribution in [2.24, 2.45) is 5.92 Å². The Balaban J connectivity index is 2.75. The summed E-state index contributed by atoms with van der Waals surface area (Å²) in [6.07, 6.45) is 0.691. The zero-order valence-corrected chi connectivity index (χ0v) is 16.3. The second-order valence-corrected chi connectivity index (χ2v) is 8.19. The Morgan fingerprint density at radius 2 is 1.92 bits per heavy atom. The van der Waals surface area contributed by atoms with Crippen molar-refractivity contribution in [3.63, 3.8) is 0 Å². The maximum atomic E-state index is 12.1. The minimum Gasteiger partial charge on any atom is -0.481 e. The van der Waals surface area contributed by atoms with Crippen LogP contribution in [0.1, 0.15) is 32.8 Å². The first-order chi connectivity index (χ1) is 12.0. The molecule has 2 amide bonds. The van der Waals surface area contributed by atoms with Crippen LogP contribution < -0.4 is 10.0 Å². The molecule has 1 aromatic rings. The minimum atomic E-state index is -3.47. The predicted octanol–water partition coefficient (Wildman–Crippen LogP) is 2.09. The number of aliphatic carboxylic acids is 1. The number of carboxylic acid groups (broad SMARTS) is 1. The van der Waals surface area contributed by atoms with Gasteiger partial charge < -0.3 is 15.3 Å². The number of carboxylic acids is 1. The van der Waals surface area contributed by atoms with E-state index in [0.29, 0.717) is 17.7 Å². The Morgan fingerprint density at radius 3 is 2.50 bits per heavy atom. The Kier molecular flexibility index (Phi) is 8.04. The molecule has 0 spiro atoms. The van der Waals surface area contributed by atoms with Gasteiger partial charge in [-0.3, -0.25) is 4.79 Å². The summed E-state index contributed by atoms with van der Waals surface area (Å²) in [6, 6.07) is 5.95. The van der Waals surface area contributed by atoms with Crippen molar-refractivity contribution in [3.8, 4) is 0 Å². The lowest BCUT2D eigenvalue weighted by atomic mass is 10.2. The van der Waals surface area contributed by atoms with Crippen molar-refractivity contribution < 1.29 is 23.1 Å². The number of hydrogen-bond donors (Lipinski definition) is 3. The topological polar surface area (TPSA) is 116 Å². The molecule has 0 fully saturated rings. The van der Waals surface area contributed by atoms with Gasteiger partial charge in [0.25, 0.3) is 0 Å². The molecule has 0 aliphatic rings. The standard InChI is InChI=1S/C17H27N3O5S/c1-5-13(3)19-26(24,25)11-14-7-6-8-15(9-14)18-17(23)20(4)10-12(2)16(21)22/h6-9,12-13,19H,5,10-11H2,1-4H3,(H,18,23)(H,21,22). The third-order valence-electron chi connectivity index (χ3n) is 3.84. The molecule has 0 aliphatic carbocycles. The third-order valence-corrected chi connectivity index (χ3v) is 5.32. The van der Waals surface area contributed by atoms with E-state index >= 15 is 0 Å². The van der Waals surface area contributed by atoms with Gasteiger partial charge in [-0.25, -0.2) is 17.9 Å². The second kappa shape index (κ2) is 9.54. The quantitative estimate of drug-likeness (QED) is 0.602. The smallest absolute Gasteiger partial charge is 0.321 e. The van der Waals surface area contributed by atoms with Gasteiger partial charge in [0.05, 0.1) is 11.7 Å². The zero-order valence-electron chi connectivity index (χ0n) is 15.5. The van der Waals surface area contributed by atoms with Gasteiger partial charge in [-0.1, -0.05) is 26.0 Å². The van der Waals surface area contributed by atoms with Crippen molar-refractivity contribution in [2.75, 3.05) is 18.9 Å². The molecule has 0 aliphatic heterocycles. The molecule has 0 saturated heterocycles. The molecule has 3 N–H and O–H groups in total. The molecule has 2 unspecified atom stereocenters. The van der Waals surface area contributed by atoms with Gasteiger partial charge in [0, 0.05) is 25.3 Å². The molecule has 2 atom stereocenters. The summed E-state index contributed by atoms with van der Waals surface area (Å²) in [6.45, 7) is 5.27. The number of rotatable bonds is 9. The Hall–Kier alpha value is -2.13. The molecule has 0 radical (unpaired) electrons. The third kappa shape index (κ3) is 7.40. The second-order valence-electron chi connectivity index (χ2n) is 6.44. The summed E-state index contributed by atoms with van der Waals surface area (Å²) < 4.78 is 26.9. The monoisotopic (exact) mass is 385 g/mol. The normalized spacial score (nSPS) is 13.7. The number of amides is 2. The largest absolute Gasteiger partial charge is 0.481 e. The van der Waals surface area contributed by atoms with Gasteiger partial charge in [0.2, 0.25) is 10.0 Å². The summed E-state index contributed by atoms with van der Waals surface area (Å²) in [5, 5.41) is 11.5. The van der Waals surface area contributed by atoms with Crippen LogP contribution in [-0.4, -0.2) is 50.1 Å². The lowest BCUT2D eigenvalue weighted by Crippen LogP contribution is -2.36. The first-order valence-corrected chi connectivity index (χ1v) is 10.0. The van der Waals surface area contributed by atoms with Crippen molar-refractivity contribution in [1.82, 2.24) is 9.62 Å². The van der Waals surface area contributed by atoms with Crippen LogP contribution in [0.25, 0.3) is 0 Å². The van der Waals surface area contributed by atoms with E-state index in [1.165, 1.54) is 18.9 Å². The van der Waals surface area contributed by atoms with Crippen LogP contribution >= 0.6 is 0 Å². The van der Waals surface area contributed by atoms with Gasteiger partial charge >= 0.3 is 12.0 Å². The Morgan fingerprint density at radius 1 is 1.27 bits per heavy atom. The molecule has 0 bridgehead atoms. The van der Waals surface area contributed by atoms with E-state index in [2.05, 4.69) is 10.0 Å². The fraction of sp³-hybridized carbons (Fsp3) is 0.529. The number of hydrogen-bond acceptors (Lipinski definition) is 4. The molecule has 9 heteroatoms.